The molecule has 1 aliphatic rings. The van der Waals surface area contributed by atoms with Gasteiger partial charge in [0.05, 0.1) is 0 Å². The van der Waals surface area contributed by atoms with Gasteiger partial charge in [-0.25, -0.2) is 0 Å². The zero-order valence-electron chi connectivity index (χ0n) is 8.31. The molecule has 12 heavy (non-hydrogen) atoms. The van der Waals surface area contributed by atoms with Crippen molar-refractivity contribution in [2.45, 2.75) is 38.6 Å². The van der Waals surface area contributed by atoms with E-state index in [4.69, 9.17) is 4.74 Å². The Kier molecular flexibility index (Phi) is 4.62. The predicted molar refractivity (Wildman–Crippen MR) is 51.3 cm³/mol. The van der Waals surface area contributed by atoms with Crippen LogP contribution in [0.2, 0.25) is 0 Å². The van der Waals surface area contributed by atoms with Gasteiger partial charge < -0.3 is 10.1 Å². The monoisotopic (exact) mass is 171 g/mol. The fraction of sp³-hybridized carbons (Fsp3) is 1.00. The molecule has 1 saturated carbocycles. The summed E-state index contributed by atoms with van der Waals surface area (Å²) in [6.45, 7) is 4.27. The van der Waals surface area contributed by atoms with Crippen molar-refractivity contribution in [1.82, 2.24) is 5.32 Å². The summed E-state index contributed by atoms with van der Waals surface area (Å²) in [7, 11) is 1.76. The van der Waals surface area contributed by atoms with Gasteiger partial charge in [-0.15, -0.1) is 0 Å². The molecule has 1 atom stereocenters. The largest absolute Gasteiger partial charge is 0.385 e. The molecule has 0 saturated heterocycles. The van der Waals surface area contributed by atoms with Crippen LogP contribution in [0.5, 0.6) is 0 Å². The van der Waals surface area contributed by atoms with Crippen LogP contribution in [0.1, 0.15) is 32.6 Å². The van der Waals surface area contributed by atoms with Crippen LogP contribution in [-0.4, -0.2) is 26.3 Å². The third-order valence-electron chi connectivity index (χ3n) is 2.56. The molecule has 1 N–H and O–H groups in total. The minimum atomic E-state index is 0.779. The van der Waals surface area contributed by atoms with Gasteiger partial charge in [-0.05, 0) is 38.1 Å². The van der Waals surface area contributed by atoms with Gasteiger partial charge >= 0.3 is 0 Å². The summed E-state index contributed by atoms with van der Waals surface area (Å²) in [6.07, 6.45) is 5.29. The molecule has 0 aromatic carbocycles. The molecule has 0 spiro atoms. The number of hydrogen-bond acceptors (Lipinski definition) is 2. The maximum atomic E-state index is 4.99. The van der Waals surface area contributed by atoms with E-state index in [1.807, 2.05) is 0 Å². The zero-order chi connectivity index (χ0) is 8.81. The lowest BCUT2D eigenvalue weighted by atomic mass is 10.1. The van der Waals surface area contributed by atoms with Crippen molar-refractivity contribution in [3.8, 4) is 0 Å². The Bertz CT molecular complexity index is 112. The summed E-state index contributed by atoms with van der Waals surface area (Å²) >= 11 is 0. The van der Waals surface area contributed by atoms with Crippen LogP contribution in [-0.2, 0) is 4.74 Å². The van der Waals surface area contributed by atoms with Crippen LogP contribution in [0.25, 0.3) is 0 Å². The normalized spacial score (nSPS) is 19.5. The highest BCUT2D eigenvalue weighted by Gasteiger charge is 2.28. The lowest BCUT2D eigenvalue weighted by Crippen LogP contribution is -2.31. The number of ether oxygens (including phenoxy) is 1. The van der Waals surface area contributed by atoms with E-state index < -0.39 is 0 Å². The van der Waals surface area contributed by atoms with Gasteiger partial charge in [-0.1, -0.05) is 6.92 Å². The van der Waals surface area contributed by atoms with Crippen molar-refractivity contribution in [2.24, 2.45) is 5.92 Å². The number of rotatable bonds is 7. The van der Waals surface area contributed by atoms with Gasteiger partial charge in [-0.3, -0.25) is 0 Å². The second-order valence-corrected chi connectivity index (χ2v) is 3.65. The average Bonchev–Trinajstić information content (AvgIpc) is 2.88. The summed E-state index contributed by atoms with van der Waals surface area (Å²) < 4.78 is 4.99. The first-order chi connectivity index (χ1) is 5.88. The second-order valence-electron chi connectivity index (χ2n) is 3.65. The molecule has 2 nitrogen and oxygen atoms in total. The molecule has 1 unspecified atom stereocenters. The van der Waals surface area contributed by atoms with Gasteiger partial charge in [0.1, 0.15) is 0 Å². The van der Waals surface area contributed by atoms with Gasteiger partial charge in [0, 0.05) is 19.8 Å². The topological polar surface area (TPSA) is 21.3 Å². The fourth-order valence-electron chi connectivity index (χ4n) is 1.65. The Hall–Kier alpha value is -0.0800. The summed E-state index contributed by atoms with van der Waals surface area (Å²) in [5, 5.41) is 3.59. The van der Waals surface area contributed by atoms with Crippen molar-refractivity contribution in [1.29, 1.82) is 0 Å². The molecule has 0 aromatic rings. The summed E-state index contributed by atoms with van der Waals surface area (Å²) in [5.41, 5.74) is 0. The van der Waals surface area contributed by atoms with Gasteiger partial charge in [-0.2, -0.15) is 0 Å². The Morgan fingerprint density at radius 1 is 1.50 bits per heavy atom. The molecule has 0 aliphatic heterocycles. The van der Waals surface area contributed by atoms with Crippen LogP contribution in [0.4, 0.5) is 0 Å². The minimum absolute atomic E-state index is 0.779. The maximum Gasteiger partial charge on any atom is 0.0474 e. The van der Waals surface area contributed by atoms with Gasteiger partial charge in [0.25, 0.3) is 0 Å². The summed E-state index contributed by atoms with van der Waals surface area (Å²) in [4.78, 5) is 0. The van der Waals surface area contributed by atoms with E-state index in [0.717, 1.165) is 31.5 Å². The molecule has 0 bridgehead atoms. The highest BCUT2D eigenvalue weighted by molar-refractivity contribution is 4.85. The maximum absolute atomic E-state index is 4.99. The molecule has 1 fully saturated rings. The van der Waals surface area contributed by atoms with Crippen LogP contribution in [0.15, 0.2) is 0 Å². The predicted octanol–water partition coefficient (Wildman–Crippen LogP) is 1.80. The number of nitrogens with one attached hydrogen (secondary N) is 1. The third-order valence-corrected chi connectivity index (χ3v) is 2.56. The molecule has 0 aromatic heterocycles. The van der Waals surface area contributed by atoms with Crippen molar-refractivity contribution in [3.63, 3.8) is 0 Å². The van der Waals surface area contributed by atoms with Crippen molar-refractivity contribution < 1.29 is 4.74 Å². The lowest BCUT2D eigenvalue weighted by Gasteiger charge is -2.15. The Morgan fingerprint density at radius 3 is 2.75 bits per heavy atom. The van der Waals surface area contributed by atoms with E-state index in [2.05, 4.69) is 12.2 Å². The van der Waals surface area contributed by atoms with E-state index in [-0.39, 0.29) is 0 Å². The highest BCUT2D eigenvalue weighted by atomic mass is 16.5. The molecular formula is C10H21NO. The van der Waals surface area contributed by atoms with E-state index in [1.165, 1.54) is 19.3 Å². The number of hydrogen-bond donors (Lipinski definition) is 1. The smallest absolute Gasteiger partial charge is 0.0474 e. The summed E-state index contributed by atoms with van der Waals surface area (Å²) in [6, 6.07) is 0.779. The van der Waals surface area contributed by atoms with Crippen molar-refractivity contribution >= 4 is 0 Å². The minimum Gasteiger partial charge on any atom is -0.385 e. The van der Waals surface area contributed by atoms with Gasteiger partial charge in [0.15, 0.2) is 0 Å². The molecule has 1 aliphatic carbocycles. The van der Waals surface area contributed by atoms with Crippen molar-refractivity contribution in [3.05, 3.63) is 0 Å². The lowest BCUT2D eigenvalue weighted by molar-refractivity contribution is 0.192. The first-order valence-electron chi connectivity index (χ1n) is 5.10. The van der Waals surface area contributed by atoms with E-state index in [0.29, 0.717) is 0 Å². The SMILES string of the molecule is CCC(NCCCOC)C1CC1. The Balaban J connectivity index is 1.95. The molecule has 72 valence electrons. The fourth-order valence-corrected chi connectivity index (χ4v) is 1.65. The van der Waals surface area contributed by atoms with E-state index in [9.17, 15) is 0 Å². The van der Waals surface area contributed by atoms with Crippen LogP contribution >= 0.6 is 0 Å². The van der Waals surface area contributed by atoms with E-state index in [1.54, 1.807) is 7.11 Å². The summed E-state index contributed by atoms with van der Waals surface area (Å²) in [5.74, 6) is 0.984. The third kappa shape index (κ3) is 3.55. The molecule has 0 radical (unpaired) electrons. The second kappa shape index (κ2) is 5.55. The zero-order valence-corrected chi connectivity index (χ0v) is 8.31. The van der Waals surface area contributed by atoms with E-state index >= 15 is 0 Å². The Labute approximate surface area is 75.7 Å². The van der Waals surface area contributed by atoms with Crippen LogP contribution < -0.4 is 5.32 Å². The quantitative estimate of drug-likeness (QED) is 0.590. The Morgan fingerprint density at radius 2 is 2.25 bits per heavy atom. The van der Waals surface area contributed by atoms with Gasteiger partial charge in [0.2, 0.25) is 0 Å². The molecule has 0 amide bonds. The molecule has 0 heterocycles. The molecule has 1 rings (SSSR count). The number of methoxy groups -OCH3 is 1. The van der Waals surface area contributed by atoms with Crippen molar-refractivity contribution in [2.75, 3.05) is 20.3 Å². The average molecular weight is 171 g/mol. The first-order valence-corrected chi connectivity index (χ1v) is 5.10. The van der Waals surface area contributed by atoms with Crippen LogP contribution in [0.3, 0.4) is 0 Å². The first kappa shape index (κ1) is 10.0. The molecular weight excluding hydrogens is 150 g/mol. The highest BCUT2D eigenvalue weighted by Crippen LogP contribution is 2.33. The standard InChI is InChI=1S/C10H21NO/c1-3-10(9-5-6-9)11-7-4-8-12-2/h9-11H,3-8H2,1-2H3. The molecule has 2 heteroatoms. The van der Waals surface area contributed by atoms with Crippen LogP contribution in [0, 0.1) is 5.92 Å².